The Morgan fingerprint density at radius 2 is 2.19 bits per heavy atom. The minimum absolute atomic E-state index is 0.0194. The first-order valence-electron chi connectivity index (χ1n) is 6.36. The maximum absolute atomic E-state index is 12.1. The third-order valence-electron chi connectivity index (χ3n) is 2.97. The highest BCUT2D eigenvalue weighted by atomic mass is 32.2. The molecule has 21 heavy (non-hydrogen) atoms. The lowest BCUT2D eigenvalue weighted by Crippen LogP contribution is -2.29. The van der Waals surface area contributed by atoms with Crippen LogP contribution in [0, 0.1) is 11.3 Å². The molecular weight excluding hydrogens is 306 g/mol. The Bertz CT molecular complexity index is 734. The number of benzene rings is 1. The Hall–Kier alpha value is -1.75. The van der Waals surface area contributed by atoms with Gasteiger partial charge in [-0.05, 0) is 11.6 Å². The van der Waals surface area contributed by atoms with Crippen molar-refractivity contribution in [2.75, 3.05) is 6.54 Å². The van der Waals surface area contributed by atoms with Crippen molar-refractivity contribution in [3.63, 3.8) is 0 Å². The number of rotatable bonds is 6. The molecule has 7 heteroatoms. The Labute approximate surface area is 128 Å². The molecule has 0 radical (unpaired) electrons. The van der Waals surface area contributed by atoms with Crippen molar-refractivity contribution in [3.8, 4) is 6.07 Å². The zero-order valence-electron chi connectivity index (χ0n) is 11.5. The Morgan fingerprint density at radius 3 is 2.86 bits per heavy atom. The van der Waals surface area contributed by atoms with Gasteiger partial charge in [-0.3, -0.25) is 0 Å². The van der Waals surface area contributed by atoms with Gasteiger partial charge in [0, 0.05) is 24.0 Å². The number of hydrogen-bond donors (Lipinski definition) is 1. The predicted octanol–water partition coefficient (Wildman–Crippen LogP) is 2.24. The summed E-state index contributed by atoms with van der Waals surface area (Å²) in [5.41, 5.74) is 0.894. The molecule has 0 fully saturated rings. The second-order valence-corrected chi connectivity index (χ2v) is 7.38. The second-order valence-electron chi connectivity index (χ2n) is 4.65. The van der Waals surface area contributed by atoms with E-state index >= 15 is 0 Å². The number of aromatic nitrogens is 1. The molecule has 110 valence electrons. The maximum Gasteiger partial charge on any atom is 0.215 e. The molecule has 2 aromatic rings. The number of hydrogen-bond acceptors (Lipinski definition) is 5. The highest BCUT2D eigenvalue weighted by Gasteiger charge is 2.16. The zero-order valence-corrected chi connectivity index (χ0v) is 13.1. The van der Waals surface area contributed by atoms with E-state index in [1.54, 1.807) is 30.5 Å². The minimum atomic E-state index is -3.48. The standard InChI is InChI=1S/C14H15N3O2S2/c1-11(14-16-6-7-20-14)9-17-21(18,19)10-13-5-3-2-4-12(13)8-15/h2-7,11,17H,9-10H2,1H3. The summed E-state index contributed by atoms with van der Waals surface area (Å²) in [5, 5.41) is 11.7. The first kappa shape index (κ1) is 15.6. The summed E-state index contributed by atoms with van der Waals surface area (Å²) < 4.78 is 26.8. The van der Waals surface area contributed by atoms with Crippen molar-refractivity contribution in [2.45, 2.75) is 18.6 Å². The van der Waals surface area contributed by atoms with Gasteiger partial charge in [-0.1, -0.05) is 25.1 Å². The van der Waals surface area contributed by atoms with E-state index in [1.165, 1.54) is 11.3 Å². The van der Waals surface area contributed by atoms with Crippen LogP contribution >= 0.6 is 11.3 Å². The summed E-state index contributed by atoms with van der Waals surface area (Å²) >= 11 is 1.50. The van der Waals surface area contributed by atoms with Crippen LogP contribution in [0.3, 0.4) is 0 Å². The highest BCUT2D eigenvalue weighted by Crippen LogP contribution is 2.17. The largest absolute Gasteiger partial charge is 0.249 e. The predicted molar refractivity (Wildman–Crippen MR) is 82.3 cm³/mol. The summed E-state index contributed by atoms with van der Waals surface area (Å²) in [5.74, 6) is -0.174. The summed E-state index contributed by atoms with van der Waals surface area (Å²) in [6.07, 6.45) is 1.70. The number of nitrogens with zero attached hydrogens (tertiary/aromatic N) is 2. The fourth-order valence-corrected chi connectivity index (χ4v) is 3.79. The quantitative estimate of drug-likeness (QED) is 0.884. The molecule has 1 aromatic carbocycles. The van der Waals surface area contributed by atoms with Gasteiger partial charge in [0.05, 0.1) is 22.4 Å². The molecule has 0 aliphatic rings. The van der Waals surface area contributed by atoms with Crippen molar-refractivity contribution in [1.82, 2.24) is 9.71 Å². The third-order valence-corrected chi connectivity index (χ3v) is 5.27. The molecular formula is C14H15N3O2S2. The summed E-state index contributed by atoms with van der Waals surface area (Å²) in [7, 11) is -3.48. The van der Waals surface area contributed by atoms with E-state index in [1.807, 2.05) is 18.4 Å². The van der Waals surface area contributed by atoms with Crippen LogP contribution in [0.25, 0.3) is 0 Å². The second kappa shape index (κ2) is 6.80. The fraction of sp³-hybridized carbons (Fsp3) is 0.286. The molecule has 0 amide bonds. The van der Waals surface area contributed by atoms with Gasteiger partial charge in [0.15, 0.2) is 0 Å². The zero-order chi connectivity index (χ0) is 15.3. The summed E-state index contributed by atoms with van der Waals surface area (Å²) in [6, 6.07) is 8.71. The SMILES string of the molecule is CC(CNS(=O)(=O)Cc1ccccc1C#N)c1nccs1. The van der Waals surface area contributed by atoms with E-state index < -0.39 is 10.0 Å². The van der Waals surface area contributed by atoms with Crippen molar-refractivity contribution in [2.24, 2.45) is 0 Å². The van der Waals surface area contributed by atoms with Crippen LogP contribution in [-0.4, -0.2) is 19.9 Å². The molecule has 1 N–H and O–H groups in total. The Balaban J connectivity index is 2.01. The van der Waals surface area contributed by atoms with Gasteiger partial charge in [-0.2, -0.15) is 5.26 Å². The summed E-state index contributed by atoms with van der Waals surface area (Å²) in [4.78, 5) is 4.17. The smallest absolute Gasteiger partial charge is 0.215 e. The van der Waals surface area contributed by atoms with E-state index in [-0.39, 0.29) is 11.7 Å². The van der Waals surface area contributed by atoms with E-state index in [0.29, 0.717) is 17.7 Å². The van der Waals surface area contributed by atoms with Gasteiger partial charge in [0.1, 0.15) is 0 Å². The first-order chi connectivity index (χ1) is 10.0. The normalized spacial score (nSPS) is 12.8. The van der Waals surface area contributed by atoms with Gasteiger partial charge in [0.25, 0.3) is 0 Å². The number of thiazole rings is 1. The summed E-state index contributed by atoms with van der Waals surface area (Å²) in [6.45, 7) is 2.22. The molecule has 2 rings (SSSR count). The molecule has 1 aromatic heterocycles. The van der Waals surface area contributed by atoms with Crippen LogP contribution in [0.5, 0.6) is 0 Å². The maximum atomic E-state index is 12.1. The lowest BCUT2D eigenvalue weighted by Gasteiger charge is -2.11. The Kier molecular flexibility index (Phi) is 5.07. The fourth-order valence-electron chi connectivity index (χ4n) is 1.83. The van der Waals surface area contributed by atoms with Gasteiger partial charge < -0.3 is 0 Å². The van der Waals surface area contributed by atoms with Crippen molar-refractivity contribution < 1.29 is 8.42 Å². The molecule has 1 atom stereocenters. The number of nitrogens with one attached hydrogen (secondary N) is 1. The molecule has 5 nitrogen and oxygen atoms in total. The van der Waals surface area contributed by atoms with E-state index in [9.17, 15) is 8.42 Å². The van der Waals surface area contributed by atoms with Gasteiger partial charge in [-0.25, -0.2) is 18.1 Å². The van der Waals surface area contributed by atoms with Crippen molar-refractivity contribution in [1.29, 1.82) is 5.26 Å². The lowest BCUT2D eigenvalue weighted by atomic mass is 10.1. The average molecular weight is 321 g/mol. The van der Waals surface area contributed by atoms with E-state index in [0.717, 1.165) is 5.01 Å². The topological polar surface area (TPSA) is 82.9 Å². The van der Waals surface area contributed by atoms with Crippen LogP contribution in [0.15, 0.2) is 35.8 Å². The van der Waals surface area contributed by atoms with Crippen LogP contribution in [0.1, 0.15) is 29.0 Å². The van der Waals surface area contributed by atoms with Crippen LogP contribution in [0.4, 0.5) is 0 Å². The van der Waals surface area contributed by atoms with Gasteiger partial charge in [0.2, 0.25) is 10.0 Å². The van der Waals surface area contributed by atoms with Crippen molar-refractivity contribution in [3.05, 3.63) is 52.0 Å². The third kappa shape index (κ3) is 4.36. The first-order valence-corrected chi connectivity index (χ1v) is 8.90. The number of nitriles is 1. The molecule has 0 aliphatic heterocycles. The molecule has 0 aliphatic carbocycles. The Morgan fingerprint density at radius 1 is 1.43 bits per heavy atom. The highest BCUT2D eigenvalue weighted by molar-refractivity contribution is 7.88. The molecule has 1 unspecified atom stereocenters. The molecule has 1 heterocycles. The lowest BCUT2D eigenvalue weighted by molar-refractivity contribution is 0.573. The average Bonchev–Trinajstić information content (AvgIpc) is 2.99. The monoisotopic (exact) mass is 321 g/mol. The minimum Gasteiger partial charge on any atom is -0.249 e. The van der Waals surface area contributed by atoms with Crippen LogP contribution in [-0.2, 0) is 15.8 Å². The van der Waals surface area contributed by atoms with E-state index in [2.05, 4.69) is 9.71 Å². The van der Waals surface area contributed by atoms with E-state index in [4.69, 9.17) is 5.26 Å². The van der Waals surface area contributed by atoms with Gasteiger partial charge in [-0.15, -0.1) is 11.3 Å². The van der Waals surface area contributed by atoms with Crippen LogP contribution < -0.4 is 4.72 Å². The molecule has 0 spiro atoms. The van der Waals surface area contributed by atoms with Crippen molar-refractivity contribution >= 4 is 21.4 Å². The molecule has 0 saturated heterocycles. The molecule has 0 saturated carbocycles. The molecule has 0 bridgehead atoms. The van der Waals surface area contributed by atoms with Gasteiger partial charge >= 0.3 is 0 Å². The number of sulfonamides is 1. The van der Waals surface area contributed by atoms with Crippen LogP contribution in [0.2, 0.25) is 0 Å².